The zero-order valence-electron chi connectivity index (χ0n) is 13.3. The Labute approximate surface area is 139 Å². The van der Waals surface area contributed by atoms with E-state index in [0.717, 1.165) is 33.5 Å². The zero-order chi connectivity index (χ0) is 17.1. The number of oxazole rings is 1. The Kier molecular flexibility index (Phi) is 4.01. The molecule has 0 spiro atoms. The van der Waals surface area contributed by atoms with Crippen molar-refractivity contribution >= 4 is 16.8 Å². The maximum absolute atomic E-state index is 8.78. The first kappa shape index (κ1) is 15.3. The molecule has 0 amide bonds. The lowest BCUT2D eigenvalue weighted by Gasteiger charge is -2.02. The second-order valence-electron chi connectivity index (χ2n) is 5.40. The third-order valence-electron chi connectivity index (χ3n) is 3.68. The maximum atomic E-state index is 8.78. The first-order valence-corrected chi connectivity index (χ1v) is 7.36. The van der Waals surface area contributed by atoms with Crippen LogP contribution in [0.3, 0.4) is 0 Å². The number of nitrogens with zero attached hydrogens (tertiary/aromatic N) is 3. The highest BCUT2D eigenvalue weighted by Gasteiger charge is 2.12. The molecule has 0 unspecified atom stereocenters. The fourth-order valence-corrected chi connectivity index (χ4v) is 2.46. The van der Waals surface area contributed by atoms with Gasteiger partial charge >= 0.3 is 0 Å². The highest BCUT2D eigenvalue weighted by Crippen LogP contribution is 2.30. The van der Waals surface area contributed by atoms with E-state index >= 15 is 0 Å². The summed E-state index contributed by atoms with van der Waals surface area (Å²) in [5.74, 6) is 0.577. The van der Waals surface area contributed by atoms with Gasteiger partial charge in [-0.15, -0.1) is 0 Å². The molecule has 2 aromatic carbocycles. The number of fused-ring (bicyclic) bond motifs is 1. The molecule has 0 aliphatic rings. The Hall–Kier alpha value is -3.57. The summed E-state index contributed by atoms with van der Waals surface area (Å²) in [6, 6.07) is 15.3. The van der Waals surface area contributed by atoms with Gasteiger partial charge in [-0.1, -0.05) is 18.2 Å². The van der Waals surface area contributed by atoms with E-state index in [0.29, 0.717) is 5.89 Å². The van der Waals surface area contributed by atoms with E-state index in [9.17, 15) is 0 Å². The minimum Gasteiger partial charge on any atom is -0.436 e. The first-order chi connectivity index (χ1) is 11.6. The third-order valence-corrected chi connectivity index (χ3v) is 3.68. The molecule has 0 aliphatic heterocycles. The van der Waals surface area contributed by atoms with E-state index in [4.69, 9.17) is 14.9 Å². The fraction of sp³-hybridized carbons (Fsp3) is 0.105. The van der Waals surface area contributed by atoms with Gasteiger partial charge in [0, 0.05) is 17.5 Å². The number of nitrogens with one attached hydrogen (secondary N) is 1. The van der Waals surface area contributed by atoms with Crippen molar-refractivity contribution in [2.75, 3.05) is 5.32 Å². The molecule has 3 rings (SSSR count). The average molecular weight is 314 g/mol. The summed E-state index contributed by atoms with van der Waals surface area (Å²) < 4.78 is 5.93. The molecule has 5 nitrogen and oxygen atoms in total. The number of rotatable bonds is 3. The number of aromatic nitrogens is 1. The first-order valence-electron chi connectivity index (χ1n) is 7.36. The molecule has 1 heterocycles. The minimum absolute atomic E-state index is 0.00787. The molecular weight excluding hydrogens is 300 g/mol. The lowest BCUT2D eigenvalue weighted by atomic mass is 10.1. The SMILES string of the molecule is Cc1ccccc1-c1nc2cc(NC=C(C#N)C#N)cc(C)c2o1. The number of allylic oxidation sites excluding steroid dienone is 1. The Morgan fingerprint density at radius 3 is 2.58 bits per heavy atom. The molecule has 1 aromatic heterocycles. The molecule has 0 radical (unpaired) electrons. The van der Waals surface area contributed by atoms with Crippen molar-refractivity contribution in [3.05, 3.63) is 59.3 Å². The van der Waals surface area contributed by atoms with Gasteiger partial charge in [0.15, 0.2) is 5.58 Å². The molecule has 5 heteroatoms. The molecule has 0 saturated heterocycles. The smallest absolute Gasteiger partial charge is 0.227 e. The van der Waals surface area contributed by atoms with E-state index in [2.05, 4.69) is 10.3 Å². The van der Waals surface area contributed by atoms with Crippen molar-refractivity contribution < 1.29 is 4.42 Å². The van der Waals surface area contributed by atoms with Gasteiger partial charge in [-0.25, -0.2) is 4.98 Å². The van der Waals surface area contributed by atoms with Crippen molar-refractivity contribution in [3.63, 3.8) is 0 Å². The van der Waals surface area contributed by atoms with Crippen molar-refractivity contribution in [1.29, 1.82) is 10.5 Å². The van der Waals surface area contributed by atoms with E-state index < -0.39 is 0 Å². The summed E-state index contributed by atoms with van der Waals surface area (Å²) in [7, 11) is 0. The van der Waals surface area contributed by atoms with Crippen LogP contribution in [0.25, 0.3) is 22.6 Å². The van der Waals surface area contributed by atoms with Crippen LogP contribution in [0.15, 0.2) is 52.6 Å². The maximum Gasteiger partial charge on any atom is 0.227 e. The zero-order valence-corrected chi connectivity index (χ0v) is 13.3. The molecule has 0 bridgehead atoms. The van der Waals surface area contributed by atoms with Crippen LogP contribution < -0.4 is 5.32 Å². The summed E-state index contributed by atoms with van der Waals surface area (Å²) in [6.45, 7) is 3.94. The molecule has 0 fully saturated rings. The van der Waals surface area contributed by atoms with Gasteiger partial charge < -0.3 is 9.73 Å². The second-order valence-corrected chi connectivity index (χ2v) is 5.40. The standard InChI is InChI=1S/C19H14N4O/c1-12-5-3-4-6-16(12)19-23-17-8-15(7-13(2)18(17)24-19)22-11-14(9-20)10-21/h3-8,11,22H,1-2H3. The van der Waals surface area contributed by atoms with Crippen molar-refractivity contribution in [3.8, 4) is 23.6 Å². The Morgan fingerprint density at radius 2 is 1.88 bits per heavy atom. The number of hydrogen-bond donors (Lipinski definition) is 1. The summed E-state index contributed by atoms with van der Waals surface area (Å²) in [6.07, 6.45) is 1.38. The van der Waals surface area contributed by atoms with Crippen LogP contribution in [0, 0.1) is 36.5 Å². The highest BCUT2D eigenvalue weighted by atomic mass is 16.3. The van der Waals surface area contributed by atoms with E-state index in [1.54, 1.807) is 0 Å². The molecule has 1 N–H and O–H groups in total. The topological polar surface area (TPSA) is 85.6 Å². The van der Waals surface area contributed by atoms with Crippen LogP contribution in [0.1, 0.15) is 11.1 Å². The normalized spacial score (nSPS) is 10.0. The lowest BCUT2D eigenvalue weighted by molar-refractivity contribution is 0.617. The lowest BCUT2D eigenvalue weighted by Crippen LogP contribution is -1.91. The largest absolute Gasteiger partial charge is 0.436 e. The third kappa shape index (κ3) is 2.84. The summed E-state index contributed by atoms with van der Waals surface area (Å²) >= 11 is 0. The quantitative estimate of drug-likeness (QED) is 0.721. The molecule has 0 atom stereocenters. The van der Waals surface area contributed by atoms with Crippen LogP contribution >= 0.6 is 0 Å². The summed E-state index contributed by atoms with van der Waals surface area (Å²) in [4.78, 5) is 4.58. The van der Waals surface area contributed by atoms with Crippen LogP contribution in [-0.2, 0) is 0 Å². The number of aryl methyl sites for hydroxylation is 2. The minimum atomic E-state index is 0.00787. The number of anilines is 1. The number of benzene rings is 2. The van der Waals surface area contributed by atoms with Crippen molar-refractivity contribution in [1.82, 2.24) is 4.98 Å². The van der Waals surface area contributed by atoms with E-state index in [1.165, 1.54) is 6.20 Å². The molecule has 24 heavy (non-hydrogen) atoms. The average Bonchev–Trinajstić information content (AvgIpc) is 3.00. The fourth-order valence-electron chi connectivity index (χ4n) is 2.46. The Morgan fingerprint density at radius 1 is 1.12 bits per heavy atom. The van der Waals surface area contributed by atoms with Crippen LogP contribution in [-0.4, -0.2) is 4.98 Å². The molecular formula is C19H14N4O. The van der Waals surface area contributed by atoms with Crippen LogP contribution in [0.2, 0.25) is 0 Å². The monoisotopic (exact) mass is 314 g/mol. The van der Waals surface area contributed by atoms with Gasteiger partial charge in [-0.3, -0.25) is 0 Å². The Balaban J connectivity index is 2.04. The van der Waals surface area contributed by atoms with Crippen LogP contribution in [0.4, 0.5) is 5.69 Å². The van der Waals surface area contributed by atoms with Gasteiger partial charge in [0.05, 0.1) is 0 Å². The predicted molar refractivity (Wildman–Crippen MR) is 91.9 cm³/mol. The van der Waals surface area contributed by atoms with Gasteiger partial charge in [0.1, 0.15) is 23.2 Å². The van der Waals surface area contributed by atoms with Crippen molar-refractivity contribution in [2.45, 2.75) is 13.8 Å². The van der Waals surface area contributed by atoms with Gasteiger partial charge in [-0.05, 0) is 43.2 Å². The Bertz CT molecular complexity index is 1020. The van der Waals surface area contributed by atoms with Crippen molar-refractivity contribution in [2.24, 2.45) is 0 Å². The molecule has 0 aliphatic carbocycles. The van der Waals surface area contributed by atoms with Gasteiger partial charge in [0.25, 0.3) is 0 Å². The molecule has 116 valence electrons. The van der Waals surface area contributed by atoms with Gasteiger partial charge in [-0.2, -0.15) is 10.5 Å². The van der Waals surface area contributed by atoms with Crippen LogP contribution in [0.5, 0.6) is 0 Å². The summed E-state index contributed by atoms with van der Waals surface area (Å²) in [5, 5.41) is 20.5. The van der Waals surface area contributed by atoms with E-state index in [-0.39, 0.29) is 5.57 Å². The predicted octanol–water partition coefficient (Wildman–Crippen LogP) is 4.45. The van der Waals surface area contributed by atoms with Gasteiger partial charge in [0.2, 0.25) is 5.89 Å². The molecule has 0 saturated carbocycles. The second kappa shape index (κ2) is 6.28. The highest BCUT2D eigenvalue weighted by molar-refractivity contribution is 5.83. The number of nitriles is 2. The number of hydrogen-bond acceptors (Lipinski definition) is 5. The summed E-state index contributed by atoms with van der Waals surface area (Å²) in [5.41, 5.74) is 5.17. The van der Waals surface area contributed by atoms with E-state index in [1.807, 2.05) is 62.4 Å². The molecule has 3 aromatic rings.